The number of rotatable bonds is 1. The minimum atomic E-state index is 0. The zero-order valence-electron chi connectivity index (χ0n) is 19.7. The molecule has 0 atom stereocenters. The number of H-pyrrole nitrogens is 2. The van der Waals surface area contributed by atoms with Gasteiger partial charge in [-0.3, -0.25) is 9.97 Å². The number of nitrogens with one attached hydrogen (secondary N) is 2. The smallest absolute Gasteiger partial charge is 0.0886 e. The molecule has 2 N–H and O–H groups in total. The van der Waals surface area contributed by atoms with Gasteiger partial charge in [-0.1, -0.05) is 12.1 Å². The van der Waals surface area contributed by atoms with Gasteiger partial charge in [-0.25, -0.2) is 9.97 Å². The van der Waals surface area contributed by atoms with E-state index < -0.39 is 0 Å². The monoisotopic (exact) mass is 525 g/mol. The Balaban J connectivity index is 0.000000183. The van der Waals surface area contributed by atoms with Gasteiger partial charge in [0, 0.05) is 51.2 Å². The van der Waals surface area contributed by atoms with E-state index in [1.165, 1.54) is 0 Å². The molecule has 181 valence electrons. The van der Waals surface area contributed by atoms with Crippen molar-refractivity contribution in [1.29, 1.82) is 0 Å². The van der Waals surface area contributed by atoms with Crippen molar-refractivity contribution in [2.75, 3.05) is 0 Å². The Morgan fingerprint density at radius 2 is 0.838 bits per heavy atom. The molecule has 0 unspecified atom stereocenters. The van der Waals surface area contributed by atoms with E-state index >= 15 is 0 Å². The summed E-state index contributed by atoms with van der Waals surface area (Å²) in [5.41, 5.74) is 9.69. The molecule has 7 heteroatoms. The first-order chi connectivity index (χ1) is 17.8. The minimum Gasteiger partial charge on any atom is -0.355 e. The molecule has 0 saturated carbocycles. The van der Waals surface area contributed by atoms with Crippen LogP contribution in [-0.2, 0) is 16.8 Å². The summed E-state index contributed by atoms with van der Waals surface area (Å²) in [4.78, 5) is 24.4. The van der Waals surface area contributed by atoms with E-state index in [1.807, 2.05) is 78.9 Å². The van der Waals surface area contributed by atoms with E-state index in [0.717, 1.165) is 56.2 Å². The van der Waals surface area contributed by atoms with Gasteiger partial charge in [0.2, 0.25) is 0 Å². The summed E-state index contributed by atoms with van der Waals surface area (Å²) >= 11 is 0. The molecule has 2 aliphatic rings. The Kier molecular flexibility index (Phi) is 7.16. The topological polar surface area (TPSA) is 83.1 Å². The molecule has 0 saturated heterocycles. The maximum absolute atomic E-state index is 4.62. The van der Waals surface area contributed by atoms with Crippen molar-refractivity contribution >= 4 is 46.4 Å². The third-order valence-electron chi connectivity index (χ3n) is 5.63. The van der Waals surface area contributed by atoms with Gasteiger partial charge in [-0.05, 0) is 97.1 Å². The van der Waals surface area contributed by atoms with Crippen LogP contribution in [-0.4, -0.2) is 29.9 Å². The van der Waals surface area contributed by atoms with Crippen molar-refractivity contribution in [2.45, 2.75) is 0 Å². The van der Waals surface area contributed by atoms with Gasteiger partial charge in [0.05, 0.1) is 34.2 Å². The van der Waals surface area contributed by atoms with E-state index in [4.69, 9.17) is 0 Å². The predicted octanol–water partition coefficient (Wildman–Crippen LogP) is 6.80. The third kappa shape index (κ3) is 5.98. The van der Waals surface area contributed by atoms with Crippen LogP contribution in [0, 0.1) is 0 Å². The number of fused-ring (bicyclic) bond motifs is 8. The van der Waals surface area contributed by atoms with Gasteiger partial charge < -0.3 is 9.97 Å². The van der Waals surface area contributed by atoms with Crippen molar-refractivity contribution in [3.05, 3.63) is 120 Å². The van der Waals surface area contributed by atoms with Crippen LogP contribution in [0.4, 0.5) is 0 Å². The molecule has 5 aromatic rings. The first-order valence-electron chi connectivity index (χ1n) is 11.6. The Labute approximate surface area is 224 Å². The van der Waals surface area contributed by atoms with Crippen LogP contribution in [0.15, 0.2) is 97.3 Å². The molecule has 0 aromatic carbocycles. The van der Waals surface area contributed by atoms with E-state index in [1.54, 1.807) is 12.4 Å². The molecule has 0 amide bonds. The van der Waals surface area contributed by atoms with E-state index in [-0.39, 0.29) is 16.8 Å². The van der Waals surface area contributed by atoms with Crippen LogP contribution in [0.2, 0.25) is 0 Å². The number of hydrogen-bond acceptors (Lipinski definition) is 4. The third-order valence-corrected chi connectivity index (χ3v) is 5.63. The van der Waals surface area contributed by atoms with Crippen molar-refractivity contribution in [1.82, 2.24) is 29.9 Å². The number of aromatic amines is 2. The summed E-state index contributed by atoms with van der Waals surface area (Å²) in [6.07, 6.45) is 11.6. The normalized spacial score (nSPS) is 11.4. The van der Waals surface area contributed by atoms with Crippen LogP contribution in [0.3, 0.4) is 0 Å². The van der Waals surface area contributed by atoms with Gasteiger partial charge in [0.25, 0.3) is 0 Å². The number of hydrogen-bond donors (Lipinski definition) is 2. The fourth-order valence-electron chi connectivity index (χ4n) is 3.97. The summed E-state index contributed by atoms with van der Waals surface area (Å²) < 4.78 is 0. The summed E-state index contributed by atoms with van der Waals surface area (Å²) in [6.45, 7) is 0. The molecule has 1 radical (unpaired) electrons. The molecule has 6 nitrogen and oxygen atoms in total. The number of nitrogens with zero attached hydrogens (tertiary/aromatic N) is 4. The van der Waals surface area contributed by atoms with Crippen molar-refractivity contribution in [2.24, 2.45) is 0 Å². The molecule has 7 rings (SSSR count). The second-order valence-electron chi connectivity index (χ2n) is 8.34. The summed E-state index contributed by atoms with van der Waals surface area (Å²) in [6, 6.07) is 28.0. The van der Waals surface area contributed by atoms with E-state index in [9.17, 15) is 0 Å². The average Bonchev–Trinajstić information content (AvgIpc) is 3.72. The van der Waals surface area contributed by atoms with Gasteiger partial charge in [0.15, 0.2) is 0 Å². The molecule has 0 aliphatic carbocycles. The standard InChI is InChI=1S/C20H14N4.C10H8N2.Co/c1-2-14-10-16-5-6-18(23-16)12-20-8-7-19(24-20)11-17-4-3-15(22-17)9-13(1)21-14;1-3-7-11-9(5-1)10-6-2-4-8-12-10;/h1-12,21-22H;1-8H;. The first-order valence-corrected chi connectivity index (χ1v) is 11.6. The zero-order chi connectivity index (χ0) is 24.2. The molecule has 0 fully saturated rings. The first kappa shape index (κ1) is 24.1. The number of pyridine rings is 2. The predicted molar refractivity (Wildman–Crippen MR) is 146 cm³/mol. The van der Waals surface area contributed by atoms with E-state index in [0.29, 0.717) is 0 Å². The SMILES string of the molecule is C1=Cc2cc3ccc(cc4ccc(cc5nc(cc1n2)C=C5)[nH]4)[nH]3.[Co].c1ccc(-c2ccccn2)nc1. The summed E-state index contributed by atoms with van der Waals surface area (Å²) in [7, 11) is 0. The molecular formula is C30H22CoN6. The fourth-order valence-corrected chi connectivity index (χ4v) is 3.97. The van der Waals surface area contributed by atoms with Crippen LogP contribution < -0.4 is 0 Å². The van der Waals surface area contributed by atoms with E-state index in [2.05, 4.69) is 60.2 Å². The Morgan fingerprint density at radius 3 is 1.24 bits per heavy atom. The Hall–Kier alpha value is -4.59. The van der Waals surface area contributed by atoms with Crippen LogP contribution >= 0.6 is 0 Å². The molecule has 8 bridgehead atoms. The second-order valence-corrected chi connectivity index (χ2v) is 8.34. The van der Waals surface area contributed by atoms with Crippen LogP contribution in [0.5, 0.6) is 0 Å². The van der Waals surface area contributed by atoms with Crippen LogP contribution in [0.25, 0.3) is 57.8 Å². The Morgan fingerprint density at radius 1 is 0.432 bits per heavy atom. The second kappa shape index (κ2) is 11.0. The van der Waals surface area contributed by atoms with Gasteiger partial charge in [0.1, 0.15) is 0 Å². The molecule has 0 spiro atoms. The largest absolute Gasteiger partial charge is 0.355 e. The van der Waals surface area contributed by atoms with Gasteiger partial charge >= 0.3 is 0 Å². The summed E-state index contributed by atoms with van der Waals surface area (Å²) in [5, 5.41) is 0. The van der Waals surface area contributed by atoms with Crippen LogP contribution in [0.1, 0.15) is 22.8 Å². The maximum atomic E-state index is 4.62. The molecule has 2 aliphatic heterocycles. The molecular weight excluding hydrogens is 503 g/mol. The van der Waals surface area contributed by atoms with Crippen molar-refractivity contribution in [3.63, 3.8) is 0 Å². The maximum Gasteiger partial charge on any atom is 0.0886 e. The fraction of sp³-hybridized carbons (Fsp3) is 0. The molecule has 7 heterocycles. The van der Waals surface area contributed by atoms with Crippen molar-refractivity contribution < 1.29 is 16.8 Å². The average molecular weight is 525 g/mol. The zero-order valence-corrected chi connectivity index (χ0v) is 20.7. The van der Waals surface area contributed by atoms with Gasteiger partial charge in [-0.15, -0.1) is 0 Å². The molecule has 5 aromatic heterocycles. The summed E-state index contributed by atoms with van der Waals surface area (Å²) in [5.74, 6) is 0. The van der Waals surface area contributed by atoms with Crippen molar-refractivity contribution in [3.8, 4) is 11.4 Å². The van der Waals surface area contributed by atoms with Gasteiger partial charge in [-0.2, -0.15) is 0 Å². The quantitative estimate of drug-likeness (QED) is 0.247. The Bertz CT molecular complexity index is 1610. The molecule has 37 heavy (non-hydrogen) atoms. The minimum absolute atomic E-state index is 0. The number of aromatic nitrogens is 6.